The van der Waals surface area contributed by atoms with Crippen molar-refractivity contribution in [3.8, 4) is 11.4 Å². The number of aromatic nitrogens is 4. The highest BCUT2D eigenvalue weighted by Gasteiger charge is 2.17. The molecule has 0 unspecified atom stereocenters. The molecule has 7 heteroatoms. The standard InChI is InChI=1S/C16H17N5OS/c1-23-13-10-14(21-6-8-22-9-7-21)19-15-11(13)2-4-17-16(15)12-3-5-18-20-12/h2-5,10H,6-9H2,1H3,(H,18,20). The molecule has 4 heterocycles. The normalized spacial score (nSPS) is 15.3. The third kappa shape index (κ3) is 2.66. The summed E-state index contributed by atoms with van der Waals surface area (Å²) in [5.41, 5.74) is 2.63. The Bertz CT molecular complexity index is 815. The molecule has 0 atom stereocenters. The van der Waals surface area contributed by atoms with Gasteiger partial charge in [0, 0.05) is 35.8 Å². The Hall–Kier alpha value is -2.12. The minimum atomic E-state index is 0.745. The van der Waals surface area contributed by atoms with Crippen LogP contribution in [-0.4, -0.2) is 52.7 Å². The Morgan fingerprint density at radius 3 is 2.83 bits per heavy atom. The molecule has 0 aliphatic carbocycles. The number of fused-ring (bicyclic) bond motifs is 1. The second-order valence-corrected chi connectivity index (χ2v) is 6.16. The van der Waals surface area contributed by atoms with E-state index in [1.165, 1.54) is 4.90 Å². The van der Waals surface area contributed by atoms with Crippen LogP contribution in [0.4, 0.5) is 5.82 Å². The number of hydrogen-bond donors (Lipinski definition) is 1. The average molecular weight is 327 g/mol. The van der Waals surface area contributed by atoms with E-state index in [2.05, 4.69) is 32.4 Å². The summed E-state index contributed by atoms with van der Waals surface area (Å²) < 4.78 is 5.45. The van der Waals surface area contributed by atoms with Crippen molar-refractivity contribution in [3.05, 3.63) is 30.6 Å². The Morgan fingerprint density at radius 2 is 2.09 bits per heavy atom. The second-order valence-electron chi connectivity index (χ2n) is 5.31. The van der Waals surface area contributed by atoms with Gasteiger partial charge in [-0.15, -0.1) is 11.8 Å². The molecular weight excluding hydrogens is 310 g/mol. The van der Waals surface area contributed by atoms with E-state index in [1.807, 2.05) is 18.3 Å². The zero-order valence-electron chi connectivity index (χ0n) is 12.8. The molecule has 1 aliphatic rings. The lowest BCUT2D eigenvalue weighted by Gasteiger charge is -2.28. The molecule has 0 aromatic carbocycles. The topological polar surface area (TPSA) is 66.9 Å². The van der Waals surface area contributed by atoms with Gasteiger partial charge in [0.1, 0.15) is 17.0 Å². The smallest absolute Gasteiger partial charge is 0.130 e. The molecule has 6 nitrogen and oxygen atoms in total. The van der Waals surface area contributed by atoms with Crippen molar-refractivity contribution in [1.29, 1.82) is 0 Å². The lowest BCUT2D eigenvalue weighted by atomic mass is 10.1. The SMILES string of the molecule is CSc1cc(N2CCOCC2)nc2c(-c3ccn[nH]3)nccc12. The van der Waals surface area contributed by atoms with Crippen molar-refractivity contribution in [2.45, 2.75) is 4.90 Å². The first kappa shape index (κ1) is 14.5. The minimum Gasteiger partial charge on any atom is -0.378 e. The fraction of sp³-hybridized carbons (Fsp3) is 0.312. The highest BCUT2D eigenvalue weighted by molar-refractivity contribution is 7.98. The third-order valence-corrected chi connectivity index (χ3v) is 4.76. The molecule has 0 radical (unpaired) electrons. The summed E-state index contributed by atoms with van der Waals surface area (Å²) in [6.45, 7) is 3.22. The molecule has 23 heavy (non-hydrogen) atoms. The highest BCUT2D eigenvalue weighted by atomic mass is 32.2. The summed E-state index contributed by atoms with van der Waals surface area (Å²) in [5.74, 6) is 0.985. The number of morpholine rings is 1. The first-order chi connectivity index (χ1) is 11.4. The third-order valence-electron chi connectivity index (χ3n) is 3.99. The largest absolute Gasteiger partial charge is 0.378 e. The van der Waals surface area contributed by atoms with Gasteiger partial charge in [0.15, 0.2) is 0 Å². The predicted molar refractivity (Wildman–Crippen MR) is 91.9 cm³/mol. The van der Waals surface area contributed by atoms with Crippen molar-refractivity contribution >= 4 is 28.5 Å². The number of nitrogens with zero attached hydrogens (tertiary/aromatic N) is 4. The molecule has 0 bridgehead atoms. The van der Waals surface area contributed by atoms with Crippen LogP contribution in [0.3, 0.4) is 0 Å². The van der Waals surface area contributed by atoms with Gasteiger partial charge in [-0.2, -0.15) is 5.10 Å². The number of H-pyrrole nitrogens is 1. The van der Waals surface area contributed by atoms with Crippen molar-refractivity contribution in [2.24, 2.45) is 0 Å². The van der Waals surface area contributed by atoms with Crippen molar-refractivity contribution in [2.75, 3.05) is 37.5 Å². The molecule has 3 aromatic rings. The second kappa shape index (κ2) is 6.17. The molecule has 1 fully saturated rings. The summed E-state index contributed by atoms with van der Waals surface area (Å²) in [7, 11) is 0. The molecule has 0 amide bonds. The number of hydrogen-bond acceptors (Lipinski definition) is 6. The maximum Gasteiger partial charge on any atom is 0.130 e. The Kier molecular flexibility index (Phi) is 3.88. The summed E-state index contributed by atoms with van der Waals surface area (Å²) in [5, 5.41) is 8.14. The fourth-order valence-electron chi connectivity index (χ4n) is 2.82. The molecule has 118 valence electrons. The number of nitrogens with one attached hydrogen (secondary N) is 1. The zero-order valence-corrected chi connectivity index (χ0v) is 13.6. The number of rotatable bonds is 3. The number of ether oxygens (including phenoxy) is 1. The first-order valence-corrected chi connectivity index (χ1v) is 8.75. The summed E-state index contributed by atoms with van der Waals surface area (Å²) in [6.07, 6.45) is 5.65. The minimum absolute atomic E-state index is 0.745. The van der Waals surface area contributed by atoms with E-state index < -0.39 is 0 Å². The highest BCUT2D eigenvalue weighted by Crippen LogP contribution is 2.33. The van der Waals surface area contributed by atoms with Crippen LogP contribution in [0.1, 0.15) is 0 Å². The summed E-state index contributed by atoms with van der Waals surface area (Å²) >= 11 is 1.73. The predicted octanol–water partition coefficient (Wildman–Crippen LogP) is 2.58. The number of thioether (sulfide) groups is 1. The maximum atomic E-state index is 5.45. The van der Waals surface area contributed by atoms with Gasteiger partial charge in [0.25, 0.3) is 0 Å². The monoisotopic (exact) mass is 327 g/mol. The van der Waals surface area contributed by atoms with Gasteiger partial charge in [0.2, 0.25) is 0 Å². The molecule has 0 spiro atoms. The van der Waals surface area contributed by atoms with E-state index in [0.29, 0.717) is 0 Å². The fourth-order valence-corrected chi connectivity index (χ4v) is 3.42. The first-order valence-electron chi connectivity index (χ1n) is 7.53. The van der Waals surface area contributed by atoms with Crippen LogP contribution >= 0.6 is 11.8 Å². The van der Waals surface area contributed by atoms with Crippen LogP contribution in [0.25, 0.3) is 22.3 Å². The van der Waals surface area contributed by atoms with Crippen LogP contribution in [0, 0.1) is 0 Å². The molecule has 1 aliphatic heterocycles. The van der Waals surface area contributed by atoms with E-state index in [4.69, 9.17) is 9.72 Å². The summed E-state index contributed by atoms with van der Waals surface area (Å²) in [4.78, 5) is 12.9. The Morgan fingerprint density at radius 1 is 1.22 bits per heavy atom. The van der Waals surface area contributed by atoms with Gasteiger partial charge in [-0.3, -0.25) is 10.1 Å². The van der Waals surface area contributed by atoms with Gasteiger partial charge in [-0.1, -0.05) is 0 Å². The van der Waals surface area contributed by atoms with Gasteiger partial charge < -0.3 is 9.64 Å². The van der Waals surface area contributed by atoms with Gasteiger partial charge >= 0.3 is 0 Å². The van der Waals surface area contributed by atoms with E-state index in [-0.39, 0.29) is 0 Å². The van der Waals surface area contributed by atoms with Gasteiger partial charge in [-0.05, 0) is 24.5 Å². The van der Waals surface area contributed by atoms with E-state index >= 15 is 0 Å². The molecule has 4 rings (SSSR count). The Labute approximate surface area is 138 Å². The van der Waals surface area contributed by atoms with Crippen LogP contribution in [0.5, 0.6) is 0 Å². The van der Waals surface area contributed by atoms with Crippen molar-refractivity contribution in [3.63, 3.8) is 0 Å². The van der Waals surface area contributed by atoms with Gasteiger partial charge in [0.05, 0.1) is 18.9 Å². The lowest BCUT2D eigenvalue weighted by molar-refractivity contribution is 0.122. The van der Waals surface area contributed by atoms with E-state index in [9.17, 15) is 0 Å². The molecule has 1 saturated heterocycles. The molecule has 0 saturated carbocycles. The van der Waals surface area contributed by atoms with Crippen LogP contribution < -0.4 is 4.90 Å². The van der Waals surface area contributed by atoms with E-state index in [1.54, 1.807) is 18.0 Å². The maximum absolute atomic E-state index is 5.45. The zero-order chi connectivity index (χ0) is 15.6. The van der Waals surface area contributed by atoms with Gasteiger partial charge in [-0.25, -0.2) is 4.98 Å². The summed E-state index contributed by atoms with van der Waals surface area (Å²) in [6, 6.07) is 6.11. The Balaban J connectivity index is 1.91. The lowest BCUT2D eigenvalue weighted by Crippen LogP contribution is -2.36. The van der Waals surface area contributed by atoms with Crippen LogP contribution in [0.15, 0.2) is 35.5 Å². The van der Waals surface area contributed by atoms with Crippen molar-refractivity contribution < 1.29 is 4.74 Å². The van der Waals surface area contributed by atoms with Crippen LogP contribution in [0.2, 0.25) is 0 Å². The van der Waals surface area contributed by atoms with Crippen LogP contribution in [-0.2, 0) is 4.74 Å². The average Bonchev–Trinajstić information content (AvgIpc) is 3.15. The number of pyridine rings is 2. The number of anilines is 1. The number of aromatic amines is 1. The molecule has 3 aromatic heterocycles. The van der Waals surface area contributed by atoms with Crippen molar-refractivity contribution in [1.82, 2.24) is 20.2 Å². The molecule has 1 N–H and O–H groups in total. The quantitative estimate of drug-likeness (QED) is 0.746. The molecular formula is C16H17N5OS. The van der Waals surface area contributed by atoms with E-state index in [0.717, 1.165) is 54.4 Å².